The molecule has 1 aromatic carbocycles. The molecule has 5 nitrogen and oxygen atoms in total. The largest absolute Gasteiger partial charge is 0.272 e. The molecular formula is C29H29F2N5. The van der Waals surface area contributed by atoms with Crippen LogP contribution in [0.25, 0.3) is 22.5 Å². The van der Waals surface area contributed by atoms with Crippen molar-refractivity contribution in [2.24, 2.45) is 11.3 Å². The third kappa shape index (κ3) is 3.18. The second-order valence-corrected chi connectivity index (χ2v) is 11.1. The van der Waals surface area contributed by atoms with Crippen LogP contribution in [0, 0.1) is 23.0 Å². The molecule has 0 amide bonds. The smallest absolute Gasteiger partial charge is 0.135 e. The van der Waals surface area contributed by atoms with Crippen LogP contribution >= 0.6 is 0 Å². The SMILES string of the molecule is CC(C)Cn1cc(-c2cccc([C@@]34CC[C@@H](c5cc(-c6c(F)cccc6F)nnc53)C4(C)C)n2)cn1. The Morgan fingerprint density at radius 1 is 1.03 bits per heavy atom. The zero-order chi connectivity index (χ0) is 25.2. The highest BCUT2D eigenvalue weighted by atomic mass is 19.1. The molecule has 3 heterocycles. The fourth-order valence-corrected chi connectivity index (χ4v) is 6.56. The Balaban J connectivity index is 1.46. The summed E-state index contributed by atoms with van der Waals surface area (Å²) < 4.78 is 31.0. The molecule has 0 spiro atoms. The van der Waals surface area contributed by atoms with Gasteiger partial charge in [0, 0.05) is 18.3 Å². The highest BCUT2D eigenvalue weighted by Crippen LogP contribution is 2.69. The van der Waals surface area contributed by atoms with Crippen molar-refractivity contribution in [1.82, 2.24) is 25.0 Å². The minimum absolute atomic E-state index is 0.124. The summed E-state index contributed by atoms with van der Waals surface area (Å²) in [6, 6.07) is 11.9. The van der Waals surface area contributed by atoms with E-state index < -0.39 is 17.0 Å². The van der Waals surface area contributed by atoms with Crippen LogP contribution in [-0.4, -0.2) is 25.0 Å². The first-order chi connectivity index (χ1) is 17.2. The van der Waals surface area contributed by atoms with Crippen molar-refractivity contribution in [3.8, 4) is 22.5 Å². The Morgan fingerprint density at radius 3 is 2.53 bits per heavy atom. The summed E-state index contributed by atoms with van der Waals surface area (Å²) in [5, 5.41) is 13.5. The maximum atomic E-state index is 14.5. The van der Waals surface area contributed by atoms with E-state index in [9.17, 15) is 8.78 Å². The van der Waals surface area contributed by atoms with Gasteiger partial charge in [-0.1, -0.05) is 39.8 Å². The number of rotatable bonds is 5. The Morgan fingerprint density at radius 2 is 1.78 bits per heavy atom. The van der Waals surface area contributed by atoms with Crippen molar-refractivity contribution < 1.29 is 8.78 Å². The van der Waals surface area contributed by atoms with Gasteiger partial charge in [-0.15, -0.1) is 5.10 Å². The van der Waals surface area contributed by atoms with Gasteiger partial charge in [0.2, 0.25) is 0 Å². The molecule has 36 heavy (non-hydrogen) atoms. The van der Waals surface area contributed by atoms with Gasteiger partial charge in [0.15, 0.2) is 0 Å². The minimum atomic E-state index is -0.631. The first-order valence-electron chi connectivity index (χ1n) is 12.5. The molecule has 1 fully saturated rings. The Labute approximate surface area is 209 Å². The minimum Gasteiger partial charge on any atom is -0.272 e. The molecule has 2 aliphatic carbocycles. The molecule has 0 saturated heterocycles. The quantitative estimate of drug-likeness (QED) is 0.322. The number of aromatic nitrogens is 5. The lowest BCUT2D eigenvalue weighted by Gasteiger charge is -2.37. The van der Waals surface area contributed by atoms with Gasteiger partial charge in [-0.25, -0.2) is 8.78 Å². The van der Waals surface area contributed by atoms with E-state index in [-0.39, 0.29) is 22.6 Å². The van der Waals surface area contributed by atoms with Crippen LogP contribution in [0.15, 0.2) is 54.9 Å². The standard InChI is InChI=1S/C29H29F2N5/c1-17(2)15-36-16-18(14-32-36)23-9-6-10-25(33-23)29-12-11-20(28(29,3)4)19-13-24(34-35-27(19)29)26-21(30)7-5-8-22(26)31/h5-10,13-14,16-17,20H,11-12,15H2,1-4H3/t20-,29-/m0/s1. The van der Waals surface area contributed by atoms with Crippen molar-refractivity contribution in [1.29, 1.82) is 0 Å². The fourth-order valence-electron chi connectivity index (χ4n) is 6.56. The zero-order valence-corrected chi connectivity index (χ0v) is 21.0. The van der Waals surface area contributed by atoms with E-state index in [1.165, 1.54) is 18.2 Å². The number of halogens is 2. The highest BCUT2D eigenvalue weighted by Gasteiger charge is 2.65. The molecule has 2 aliphatic rings. The van der Waals surface area contributed by atoms with Crippen molar-refractivity contribution in [2.45, 2.75) is 58.4 Å². The molecule has 4 aromatic rings. The molecule has 184 valence electrons. The number of hydrogen-bond donors (Lipinski definition) is 0. The van der Waals surface area contributed by atoms with Crippen LogP contribution in [0.5, 0.6) is 0 Å². The average molecular weight is 486 g/mol. The van der Waals surface area contributed by atoms with E-state index in [0.29, 0.717) is 5.92 Å². The maximum Gasteiger partial charge on any atom is 0.135 e. The average Bonchev–Trinajstić information content (AvgIpc) is 3.46. The Hall–Kier alpha value is -3.48. The van der Waals surface area contributed by atoms with Gasteiger partial charge in [0.05, 0.1) is 40.0 Å². The first-order valence-corrected chi connectivity index (χ1v) is 12.5. The second-order valence-electron chi connectivity index (χ2n) is 11.1. The van der Waals surface area contributed by atoms with Gasteiger partial charge in [0.25, 0.3) is 0 Å². The van der Waals surface area contributed by atoms with Gasteiger partial charge in [-0.2, -0.15) is 10.2 Å². The normalized spacial score (nSPS) is 21.8. The second kappa shape index (κ2) is 8.02. The van der Waals surface area contributed by atoms with Gasteiger partial charge in [-0.05, 0) is 66.0 Å². The third-order valence-corrected chi connectivity index (χ3v) is 8.27. The molecular weight excluding hydrogens is 456 g/mol. The topological polar surface area (TPSA) is 56.5 Å². The predicted octanol–water partition coefficient (Wildman–Crippen LogP) is 6.54. The number of nitrogens with zero attached hydrogens (tertiary/aromatic N) is 5. The first kappa shape index (κ1) is 23.0. The summed E-state index contributed by atoms with van der Waals surface area (Å²) in [4.78, 5) is 5.15. The van der Waals surface area contributed by atoms with Crippen molar-refractivity contribution in [3.63, 3.8) is 0 Å². The molecule has 2 bridgehead atoms. The molecule has 7 heteroatoms. The van der Waals surface area contributed by atoms with E-state index in [2.05, 4.69) is 49.1 Å². The Bertz CT molecular complexity index is 1450. The molecule has 2 atom stereocenters. The van der Waals surface area contributed by atoms with Crippen LogP contribution in [-0.2, 0) is 12.0 Å². The highest BCUT2D eigenvalue weighted by molar-refractivity contribution is 5.65. The van der Waals surface area contributed by atoms with E-state index in [4.69, 9.17) is 4.98 Å². The van der Waals surface area contributed by atoms with Crippen LogP contribution < -0.4 is 0 Å². The van der Waals surface area contributed by atoms with E-state index in [0.717, 1.165) is 47.6 Å². The molecule has 0 N–H and O–H groups in total. The zero-order valence-electron chi connectivity index (χ0n) is 21.0. The molecule has 0 aliphatic heterocycles. The lowest BCUT2D eigenvalue weighted by molar-refractivity contribution is 0.243. The molecule has 3 aromatic heterocycles. The molecule has 6 rings (SSSR count). The molecule has 0 unspecified atom stereocenters. The third-order valence-electron chi connectivity index (χ3n) is 8.27. The van der Waals surface area contributed by atoms with Crippen LogP contribution in [0.2, 0.25) is 0 Å². The molecule has 0 radical (unpaired) electrons. The lowest BCUT2D eigenvalue weighted by Crippen LogP contribution is -2.37. The summed E-state index contributed by atoms with van der Waals surface area (Å²) in [6.07, 6.45) is 5.78. The van der Waals surface area contributed by atoms with Gasteiger partial charge in [0.1, 0.15) is 11.6 Å². The number of pyridine rings is 1. The van der Waals surface area contributed by atoms with Crippen LogP contribution in [0.1, 0.15) is 63.4 Å². The summed E-state index contributed by atoms with van der Waals surface area (Å²) in [5.74, 6) is -0.554. The summed E-state index contributed by atoms with van der Waals surface area (Å²) >= 11 is 0. The van der Waals surface area contributed by atoms with Gasteiger partial charge >= 0.3 is 0 Å². The number of benzene rings is 1. The maximum absolute atomic E-state index is 14.5. The number of fused-ring (bicyclic) bond motifs is 5. The summed E-state index contributed by atoms with van der Waals surface area (Å²) in [7, 11) is 0. The van der Waals surface area contributed by atoms with Crippen molar-refractivity contribution in [3.05, 3.63) is 83.4 Å². The van der Waals surface area contributed by atoms with Crippen LogP contribution in [0.3, 0.4) is 0 Å². The van der Waals surface area contributed by atoms with Gasteiger partial charge < -0.3 is 0 Å². The van der Waals surface area contributed by atoms with E-state index in [1.807, 2.05) is 35.3 Å². The summed E-state index contributed by atoms with van der Waals surface area (Å²) in [6.45, 7) is 9.70. The monoisotopic (exact) mass is 485 g/mol. The summed E-state index contributed by atoms with van der Waals surface area (Å²) in [5.41, 5.74) is 4.24. The van der Waals surface area contributed by atoms with Crippen LogP contribution in [0.4, 0.5) is 8.78 Å². The van der Waals surface area contributed by atoms with Crippen molar-refractivity contribution >= 4 is 0 Å². The predicted molar refractivity (Wildman–Crippen MR) is 134 cm³/mol. The van der Waals surface area contributed by atoms with Gasteiger partial charge in [-0.3, -0.25) is 9.67 Å². The van der Waals surface area contributed by atoms with E-state index >= 15 is 0 Å². The Kier molecular flexibility index (Phi) is 5.11. The van der Waals surface area contributed by atoms with E-state index in [1.54, 1.807) is 0 Å². The number of hydrogen-bond acceptors (Lipinski definition) is 4. The van der Waals surface area contributed by atoms with Crippen molar-refractivity contribution in [2.75, 3.05) is 0 Å². The fraction of sp³-hybridized carbons (Fsp3) is 0.379. The molecule has 1 saturated carbocycles. The lowest BCUT2D eigenvalue weighted by atomic mass is 9.66.